The van der Waals surface area contributed by atoms with Crippen LogP contribution in [0, 0.1) is 17.2 Å². The molecular weight excluding hydrogens is 2000 g/mol. The molecule has 0 spiro atoms. The second-order valence-corrected chi connectivity index (χ2v) is 37.8. The molecular formula is C89H154N30O30S. The van der Waals surface area contributed by atoms with E-state index in [9.17, 15) is 145 Å². The summed E-state index contributed by atoms with van der Waals surface area (Å²) in [4.78, 5) is 340. The summed E-state index contributed by atoms with van der Waals surface area (Å²) in [5.74, 6) is -28.1. The van der Waals surface area contributed by atoms with Gasteiger partial charge in [-0.2, -0.15) is 11.8 Å². The standard InChI is InChI=1S/C89H154N30O30S/c1-42(2)67(97)87(147)119-36-15-20-60(119)83(143)115-58(41-122)81(141)117-69(46(7)123)84(144)101-38-66(129)102-44(5)70(130)113-56(39-120)79(139)107-48(17-10-12-33-91)75(135)114-57(40-121)80(140)106-47(16-9-11-32-90)73(133)105-49(18-13-34-100-89(98)99)74(134)108-50(21-26-61(92)124)72(132)103-45(6)71(131)104-51(22-27-62(93)125)76(136)109-52(23-28-63(94)126)77(137)110-53(31-37-150-8)78(138)116-68(43(3)4)85(145)111-54(24-29-64(95)127)86(146)118-35-14-19-59(118)82(142)112-55(88(148)149)25-30-65(96)128/h42-60,67-69,120-123H,9-41,90-91,97H2,1-8H3,(H2,92,124)(H2,93,125)(H2,94,126)(H2,95,127)(H2,96,128)(H,101,144)(H,102,129)(H,103,132)(H,104,131)(H,105,133)(H,106,140)(H,107,139)(H,108,134)(H,109,136)(H,110,137)(H,111,145)(H,112,142)(H,113,130)(H,114,135)(H,115,143)(H,116,138)(H,117,141)(H,148,149)(H4,98,99,100)/t44-,45-,46+,47-,48-,49-,50-,51-,52-,53-,54-,55-,56-,57-,58-,59-,60-,67-,68-,69-/m0/s1. The minimum atomic E-state index is -1.95. The van der Waals surface area contributed by atoms with Crippen molar-refractivity contribution in [2.24, 2.45) is 63.4 Å². The highest BCUT2D eigenvalue weighted by molar-refractivity contribution is 7.98. The molecule has 2 aliphatic heterocycles. The molecule has 2 heterocycles. The third-order valence-corrected chi connectivity index (χ3v) is 24.6. The lowest BCUT2D eigenvalue weighted by Gasteiger charge is -2.31. The van der Waals surface area contributed by atoms with Gasteiger partial charge in [0.15, 0.2) is 5.96 Å². The Balaban J connectivity index is 2.43. The summed E-state index contributed by atoms with van der Waals surface area (Å²) < 4.78 is 0. The predicted molar refractivity (Wildman–Crippen MR) is 533 cm³/mol. The maximum Gasteiger partial charge on any atom is 0.326 e. The molecule has 0 aromatic heterocycles. The third-order valence-electron chi connectivity index (χ3n) is 23.9. The fraction of sp³-hybridized carbons (Fsp3) is 0.708. The molecule has 2 saturated heterocycles. The highest BCUT2D eigenvalue weighted by Gasteiger charge is 2.45. The number of aliphatic hydroxyl groups excluding tert-OH is 4. The van der Waals surface area contributed by atoms with Crippen molar-refractivity contribution in [3.8, 4) is 0 Å². The maximum atomic E-state index is 14.6. The summed E-state index contributed by atoms with van der Waals surface area (Å²) in [5.41, 5.74) is 50.2. The first-order chi connectivity index (χ1) is 70.5. The molecule has 20 atom stereocenters. The zero-order chi connectivity index (χ0) is 114. The molecule has 60 nitrogen and oxygen atoms in total. The number of carboxylic acids is 1. The molecule has 0 bridgehead atoms. The van der Waals surface area contributed by atoms with Gasteiger partial charge in [-0.15, -0.1) is 0 Å². The van der Waals surface area contributed by atoms with Crippen molar-refractivity contribution >= 4 is 165 Å². The van der Waals surface area contributed by atoms with Crippen molar-refractivity contribution in [3.05, 3.63) is 0 Å². The summed E-state index contributed by atoms with van der Waals surface area (Å²) in [6.07, 6.45) is -5.03. The molecule has 0 aromatic rings. The number of carbonyl (C=O) groups excluding carboxylic acids is 24. The van der Waals surface area contributed by atoms with Gasteiger partial charge in [-0.25, -0.2) is 4.79 Å². The van der Waals surface area contributed by atoms with Gasteiger partial charge in [-0.05, 0) is 173 Å². The maximum absolute atomic E-state index is 14.6. The van der Waals surface area contributed by atoms with E-state index in [4.69, 9.17) is 57.0 Å². The van der Waals surface area contributed by atoms with Crippen LogP contribution in [-0.4, -0.2) is 381 Å². The molecule has 846 valence electrons. The topological polar surface area (TPSA) is 1010 Å². The van der Waals surface area contributed by atoms with E-state index in [2.05, 4.69) is 95.7 Å². The number of unbranched alkanes of at least 4 members (excludes halogenated alkanes) is 2. The van der Waals surface area contributed by atoms with Gasteiger partial charge in [0.1, 0.15) is 109 Å². The Morgan fingerprint density at radius 2 is 0.660 bits per heavy atom. The van der Waals surface area contributed by atoms with E-state index in [1.54, 1.807) is 20.1 Å². The molecule has 0 aliphatic carbocycles. The van der Waals surface area contributed by atoms with Gasteiger partial charge in [0.25, 0.3) is 0 Å². The van der Waals surface area contributed by atoms with Crippen LogP contribution in [0.2, 0.25) is 0 Å². The van der Waals surface area contributed by atoms with Crippen LogP contribution in [0.3, 0.4) is 0 Å². The predicted octanol–water partition coefficient (Wildman–Crippen LogP) is -15.4. The number of hydrogen-bond acceptors (Lipinski definition) is 34. The molecule has 2 fully saturated rings. The SMILES string of the molecule is CSCC[C@H](NC(=O)[C@H](CCC(N)=O)NC(=O)[C@H](CCC(N)=O)NC(=O)[C@H](C)NC(=O)[C@H](CCC(N)=O)NC(=O)[C@H](CCCNC(=N)N)NC(=O)[C@H](CCCCN)NC(=O)[C@H](CO)NC(=O)[C@H](CCCCN)NC(=O)[C@H](CO)NC(=O)[C@H](C)NC(=O)CNC(=O)[C@@H](NC(=O)[C@H](CO)NC(=O)[C@@H]1CCCN1C(=O)[C@@H](N)C(C)C)[C@@H](C)O)C(=O)N[C@H](C(=O)N[C@@H](CCC(N)=O)C(=O)N1CCC[C@H]1C(=O)N[C@@H](CCC(N)=O)C(=O)O)C(C)C. The lowest BCUT2D eigenvalue weighted by molar-refractivity contribution is -0.145. The van der Waals surface area contributed by atoms with Crippen molar-refractivity contribution in [1.29, 1.82) is 5.41 Å². The van der Waals surface area contributed by atoms with Gasteiger partial charge in [0, 0.05) is 51.7 Å². The van der Waals surface area contributed by atoms with Crippen molar-refractivity contribution in [3.63, 3.8) is 0 Å². The molecule has 24 amide bonds. The summed E-state index contributed by atoms with van der Waals surface area (Å²) >= 11 is 1.20. The Kier molecular flexibility index (Phi) is 60.5. The van der Waals surface area contributed by atoms with E-state index in [-0.39, 0.29) is 128 Å². The number of hydrogen-bond donors (Lipinski definition) is 33. The summed E-state index contributed by atoms with van der Waals surface area (Å²) in [7, 11) is 0. The zero-order valence-corrected chi connectivity index (χ0v) is 86.3. The molecule has 2 rings (SSSR count). The van der Waals surface area contributed by atoms with Crippen molar-refractivity contribution in [2.75, 3.05) is 71.1 Å². The van der Waals surface area contributed by atoms with Crippen LogP contribution in [0.4, 0.5) is 0 Å². The smallest absolute Gasteiger partial charge is 0.326 e. The average molecular weight is 2160 g/mol. The number of carboxylic acid groups (broad SMARTS) is 1. The first kappa shape index (κ1) is 132. The van der Waals surface area contributed by atoms with Crippen LogP contribution in [0.1, 0.15) is 196 Å². The monoisotopic (exact) mass is 2160 g/mol. The Bertz CT molecular complexity index is 4660. The summed E-state index contributed by atoms with van der Waals surface area (Å²) in [6.45, 7) is 5.59. The number of nitrogens with zero attached hydrogens (tertiary/aromatic N) is 2. The number of likely N-dealkylation sites (tertiary alicyclic amines) is 2. The van der Waals surface area contributed by atoms with E-state index in [0.717, 1.165) is 25.7 Å². The number of aliphatic carboxylic acids is 1. The fourth-order valence-corrected chi connectivity index (χ4v) is 15.7. The Labute approximate surface area is 869 Å². The highest BCUT2D eigenvalue weighted by Crippen LogP contribution is 2.24. The summed E-state index contributed by atoms with van der Waals surface area (Å²) in [6, 6.07) is -30.7. The largest absolute Gasteiger partial charge is 0.480 e. The van der Waals surface area contributed by atoms with Crippen molar-refractivity contribution in [1.82, 2.24) is 106 Å². The second-order valence-electron chi connectivity index (χ2n) is 36.8. The number of carbonyl (C=O) groups is 25. The molecule has 0 unspecified atom stereocenters. The minimum absolute atomic E-state index is 0.0297. The third kappa shape index (κ3) is 47.7. The highest BCUT2D eigenvalue weighted by atomic mass is 32.2. The molecule has 2 aliphatic rings. The van der Waals surface area contributed by atoms with E-state index in [1.807, 2.05) is 0 Å². The molecule has 61 heteroatoms. The second kappa shape index (κ2) is 68.7. The number of amides is 24. The normalized spacial score (nSPS) is 16.8. The molecule has 0 saturated carbocycles. The Morgan fingerprint density at radius 1 is 0.347 bits per heavy atom. The van der Waals surface area contributed by atoms with E-state index >= 15 is 0 Å². The molecule has 0 aromatic carbocycles. The van der Waals surface area contributed by atoms with Crippen LogP contribution in [0.15, 0.2) is 0 Å². The van der Waals surface area contributed by atoms with Gasteiger partial charge in [-0.1, -0.05) is 27.7 Å². The lowest BCUT2D eigenvalue weighted by Crippen LogP contribution is -2.61. The first-order valence-corrected chi connectivity index (χ1v) is 50.5. The number of nitrogens with two attached hydrogens (primary N) is 9. The van der Waals surface area contributed by atoms with Crippen molar-refractivity contribution < 1.29 is 145 Å². The van der Waals surface area contributed by atoms with Crippen LogP contribution in [0.5, 0.6) is 0 Å². The number of aliphatic hydroxyl groups is 4. The van der Waals surface area contributed by atoms with Crippen LogP contribution in [-0.2, 0) is 120 Å². The summed E-state index contributed by atoms with van der Waals surface area (Å²) in [5, 5.41) is 101. The minimum Gasteiger partial charge on any atom is -0.480 e. The fourth-order valence-electron chi connectivity index (χ4n) is 15.2. The quantitative estimate of drug-likeness (QED) is 0.0153. The number of rotatable bonds is 73. The van der Waals surface area contributed by atoms with E-state index in [0.29, 0.717) is 6.42 Å². The molecule has 42 N–H and O–H groups in total. The van der Waals surface area contributed by atoms with Gasteiger partial charge in [-0.3, -0.25) is 120 Å². The molecule has 150 heavy (non-hydrogen) atoms. The number of guanidine groups is 1. The Morgan fingerprint density at radius 3 is 1.03 bits per heavy atom. The number of nitrogens with one attached hydrogen (secondary N) is 19. The Hall–Kier alpha value is -13.9. The van der Waals surface area contributed by atoms with Crippen LogP contribution >= 0.6 is 11.8 Å². The van der Waals surface area contributed by atoms with Gasteiger partial charge < -0.3 is 183 Å². The zero-order valence-electron chi connectivity index (χ0n) is 85.5. The number of thioether (sulfide) groups is 1. The van der Waals surface area contributed by atoms with Crippen LogP contribution in [0.25, 0.3) is 0 Å². The van der Waals surface area contributed by atoms with E-state index < -0.39 is 365 Å². The van der Waals surface area contributed by atoms with Gasteiger partial charge >= 0.3 is 5.97 Å². The van der Waals surface area contributed by atoms with Crippen molar-refractivity contribution in [2.45, 2.75) is 317 Å². The van der Waals surface area contributed by atoms with Gasteiger partial charge in [0.05, 0.1) is 38.5 Å². The number of primary amides is 5. The van der Waals surface area contributed by atoms with E-state index in [1.165, 1.54) is 30.5 Å². The lowest BCUT2D eigenvalue weighted by atomic mass is 10.0. The molecule has 0 radical (unpaired) electrons. The van der Waals surface area contributed by atoms with Gasteiger partial charge in [0.2, 0.25) is 142 Å². The van der Waals surface area contributed by atoms with Crippen LogP contribution < -0.4 is 147 Å². The first-order valence-electron chi connectivity index (χ1n) is 49.1. The average Bonchev–Trinajstić information content (AvgIpc) is 1.67.